The summed E-state index contributed by atoms with van der Waals surface area (Å²) in [5.74, 6) is 0.498. The van der Waals surface area contributed by atoms with Crippen LogP contribution in [0, 0.1) is 5.92 Å². The van der Waals surface area contributed by atoms with Crippen LogP contribution in [0.3, 0.4) is 0 Å². The Hall–Kier alpha value is -1.32. The van der Waals surface area contributed by atoms with Gasteiger partial charge in [0.1, 0.15) is 0 Å². The van der Waals surface area contributed by atoms with E-state index in [9.17, 15) is 4.79 Å². The molecule has 1 aliphatic rings. The molecule has 0 bridgehead atoms. The summed E-state index contributed by atoms with van der Waals surface area (Å²) in [6.07, 6.45) is 7.53. The summed E-state index contributed by atoms with van der Waals surface area (Å²) >= 11 is 0. The van der Waals surface area contributed by atoms with Crippen molar-refractivity contribution in [2.75, 3.05) is 0 Å². The van der Waals surface area contributed by atoms with E-state index >= 15 is 0 Å². The lowest BCUT2D eigenvalue weighted by atomic mass is 10.3. The number of nitrogens with zero attached hydrogens (tertiary/aromatic N) is 2. The van der Waals surface area contributed by atoms with E-state index in [-0.39, 0.29) is 11.9 Å². The third kappa shape index (κ3) is 2.34. The van der Waals surface area contributed by atoms with Gasteiger partial charge in [0.05, 0.1) is 6.33 Å². The minimum absolute atomic E-state index is 0.178. The van der Waals surface area contributed by atoms with Gasteiger partial charge in [0.2, 0.25) is 5.91 Å². The van der Waals surface area contributed by atoms with Crippen molar-refractivity contribution in [2.45, 2.75) is 32.4 Å². The summed E-state index contributed by atoms with van der Waals surface area (Å²) in [6, 6.07) is 0.178. The van der Waals surface area contributed by atoms with Crippen LogP contribution in [0.5, 0.6) is 0 Å². The van der Waals surface area contributed by atoms with E-state index < -0.39 is 0 Å². The minimum Gasteiger partial charge on any atom is -0.352 e. The fraction of sp³-hybridized carbons (Fsp3) is 0.600. The topological polar surface area (TPSA) is 46.9 Å². The molecule has 14 heavy (non-hydrogen) atoms. The molecule has 1 fully saturated rings. The van der Waals surface area contributed by atoms with Crippen molar-refractivity contribution >= 4 is 5.91 Å². The van der Waals surface area contributed by atoms with Crippen LogP contribution in [0.4, 0.5) is 0 Å². The standard InChI is InChI=1S/C10H15N3O/c1-8(6-13-5-4-11-7-13)12-10(14)9-2-3-9/h4-5,7-9H,2-3,6H2,1H3,(H,12,14)/t8-/m0/s1. The molecule has 4 nitrogen and oxygen atoms in total. The van der Waals surface area contributed by atoms with Gasteiger partial charge < -0.3 is 9.88 Å². The number of hydrogen-bond acceptors (Lipinski definition) is 2. The number of nitrogens with one attached hydrogen (secondary N) is 1. The molecular formula is C10H15N3O. The first kappa shape index (κ1) is 9.24. The van der Waals surface area contributed by atoms with Crippen molar-refractivity contribution in [2.24, 2.45) is 5.92 Å². The van der Waals surface area contributed by atoms with Crippen LogP contribution in [0.15, 0.2) is 18.7 Å². The molecule has 0 saturated heterocycles. The number of carbonyl (C=O) groups is 1. The van der Waals surface area contributed by atoms with Crippen LogP contribution in [0.2, 0.25) is 0 Å². The maximum atomic E-state index is 11.4. The van der Waals surface area contributed by atoms with Gasteiger partial charge >= 0.3 is 0 Å². The van der Waals surface area contributed by atoms with Crippen molar-refractivity contribution in [3.63, 3.8) is 0 Å². The first-order valence-electron chi connectivity index (χ1n) is 5.02. The van der Waals surface area contributed by atoms with E-state index in [1.54, 1.807) is 12.5 Å². The molecule has 0 unspecified atom stereocenters. The highest BCUT2D eigenvalue weighted by molar-refractivity contribution is 5.81. The molecule has 0 spiro atoms. The smallest absolute Gasteiger partial charge is 0.223 e. The van der Waals surface area contributed by atoms with Gasteiger partial charge in [0, 0.05) is 30.9 Å². The van der Waals surface area contributed by atoms with Crippen LogP contribution in [-0.4, -0.2) is 21.5 Å². The summed E-state index contributed by atoms with van der Waals surface area (Å²) in [6.45, 7) is 2.80. The van der Waals surface area contributed by atoms with E-state index in [1.807, 2.05) is 17.7 Å². The highest BCUT2D eigenvalue weighted by Crippen LogP contribution is 2.28. The summed E-state index contributed by atoms with van der Waals surface area (Å²) in [5.41, 5.74) is 0. The fourth-order valence-corrected chi connectivity index (χ4v) is 1.46. The Balaban J connectivity index is 1.78. The first-order valence-corrected chi connectivity index (χ1v) is 5.02. The Morgan fingerprint density at radius 3 is 3.07 bits per heavy atom. The number of aromatic nitrogens is 2. The molecule has 4 heteroatoms. The second kappa shape index (κ2) is 3.82. The third-order valence-electron chi connectivity index (χ3n) is 2.38. The van der Waals surface area contributed by atoms with Gasteiger partial charge in [0.25, 0.3) is 0 Å². The lowest BCUT2D eigenvalue weighted by molar-refractivity contribution is -0.122. The normalized spacial score (nSPS) is 17.8. The molecule has 1 aromatic rings. The number of rotatable bonds is 4. The van der Waals surface area contributed by atoms with Gasteiger partial charge in [-0.3, -0.25) is 4.79 Å². The van der Waals surface area contributed by atoms with Crippen LogP contribution >= 0.6 is 0 Å². The Bertz CT molecular complexity index is 303. The molecule has 2 rings (SSSR count). The highest BCUT2D eigenvalue weighted by atomic mass is 16.2. The summed E-state index contributed by atoms with van der Waals surface area (Å²) in [7, 11) is 0. The monoisotopic (exact) mass is 193 g/mol. The zero-order valence-electron chi connectivity index (χ0n) is 8.31. The molecule has 1 aromatic heterocycles. The molecule has 76 valence electrons. The van der Waals surface area contributed by atoms with Crippen LogP contribution < -0.4 is 5.32 Å². The molecule has 0 radical (unpaired) electrons. The molecule has 1 atom stereocenters. The zero-order chi connectivity index (χ0) is 9.97. The second-order valence-corrected chi connectivity index (χ2v) is 3.94. The second-order valence-electron chi connectivity index (χ2n) is 3.94. The summed E-state index contributed by atoms with van der Waals surface area (Å²) < 4.78 is 1.97. The predicted molar refractivity (Wildman–Crippen MR) is 52.6 cm³/mol. The Labute approximate surface area is 83.3 Å². The zero-order valence-corrected chi connectivity index (χ0v) is 8.31. The predicted octanol–water partition coefficient (Wildman–Crippen LogP) is 0.798. The quantitative estimate of drug-likeness (QED) is 0.768. The van der Waals surface area contributed by atoms with Gasteiger partial charge in [-0.2, -0.15) is 0 Å². The average Bonchev–Trinajstić information content (AvgIpc) is 2.87. The van der Waals surface area contributed by atoms with E-state index in [1.165, 1.54) is 0 Å². The van der Waals surface area contributed by atoms with Crippen molar-refractivity contribution in [3.05, 3.63) is 18.7 Å². The molecular weight excluding hydrogens is 178 g/mol. The van der Waals surface area contributed by atoms with Crippen molar-refractivity contribution in [3.8, 4) is 0 Å². The molecule has 1 aliphatic carbocycles. The molecule has 0 aromatic carbocycles. The van der Waals surface area contributed by atoms with Crippen molar-refractivity contribution < 1.29 is 4.79 Å². The van der Waals surface area contributed by atoms with Crippen LogP contribution in [0.25, 0.3) is 0 Å². The number of amides is 1. The lowest BCUT2D eigenvalue weighted by Crippen LogP contribution is -2.36. The van der Waals surface area contributed by atoms with Gasteiger partial charge in [-0.25, -0.2) is 4.98 Å². The third-order valence-corrected chi connectivity index (χ3v) is 2.38. The summed E-state index contributed by atoms with van der Waals surface area (Å²) in [5, 5.41) is 2.99. The van der Waals surface area contributed by atoms with Crippen LogP contribution in [-0.2, 0) is 11.3 Å². The van der Waals surface area contributed by atoms with Crippen LogP contribution in [0.1, 0.15) is 19.8 Å². The lowest BCUT2D eigenvalue weighted by Gasteiger charge is -2.13. The molecule has 1 heterocycles. The maximum absolute atomic E-state index is 11.4. The molecule has 1 amide bonds. The van der Waals surface area contributed by atoms with E-state index in [0.717, 1.165) is 19.4 Å². The number of imidazole rings is 1. The molecule has 1 saturated carbocycles. The Morgan fingerprint density at radius 1 is 1.71 bits per heavy atom. The molecule has 1 N–H and O–H groups in total. The van der Waals surface area contributed by atoms with Crippen molar-refractivity contribution in [1.29, 1.82) is 0 Å². The van der Waals surface area contributed by atoms with E-state index in [2.05, 4.69) is 10.3 Å². The Kier molecular flexibility index (Phi) is 2.52. The molecule has 0 aliphatic heterocycles. The van der Waals surface area contributed by atoms with Gasteiger partial charge in [-0.15, -0.1) is 0 Å². The Morgan fingerprint density at radius 2 is 2.50 bits per heavy atom. The van der Waals surface area contributed by atoms with Crippen molar-refractivity contribution in [1.82, 2.24) is 14.9 Å². The number of carbonyl (C=O) groups excluding carboxylic acids is 1. The minimum atomic E-state index is 0.178. The van der Waals surface area contributed by atoms with Gasteiger partial charge in [0.15, 0.2) is 0 Å². The highest BCUT2D eigenvalue weighted by Gasteiger charge is 2.30. The fourth-order valence-electron chi connectivity index (χ4n) is 1.46. The van der Waals surface area contributed by atoms with E-state index in [4.69, 9.17) is 0 Å². The van der Waals surface area contributed by atoms with E-state index in [0.29, 0.717) is 5.92 Å². The average molecular weight is 193 g/mol. The number of hydrogen-bond donors (Lipinski definition) is 1. The largest absolute Gasteiger partial charge is 0.352 e. The first-order chi connectivity index (χ1) is 6.75. The maximum Gasteiger partial charge on any atom is 0.223 e. The SMILES string of the molecule is C[C@@H](Cn1ccnc1)NC(=O)C1CC1. The van der Waals surface area contributed by atoms with Gasteiger partial charge in [-0.05, 0) is 19.8 Å². The summed E-state index contributed by atoms with van der Waals surface area (Å²) in [4.78, 5) is 15.4. The van der Waals surface area contributed by atoms with Gasteiger partial charge in [-0.1, -0.05) is 0 Å².